The fraction of sp³-hybridized carbons (Fsp3) is 0.269. The van der Waals surface area contributed by atoms with E-state index in [1.807, 2.05) is 85.9 Å². The highest BCUT2D eigenvalue weighted by Crippen LogP contribution is 2.19. The lowest BCUT2D eigenvalue weighted by atomic mass is 9.90. The lowest BCUT2D eigenvalue weighted by Crippen LogP contribution is -2.28. The normalized spacial score (nSPS) is 35.9. The molecule has 1 amide bonds. The van der Waals surface area contributed by atoms with Gasteiger partial charge in [0.05, 0.1) is 5.60 Å². The molecule has 0 aromatic heterocycles. The summed E-state index contributed by atoms with van der Waals surface area (Å²) in [5.41, 5.74) is -0.938. The third-order valence-corrected chi connectivity index (χ3v) is 4.37. The number of allylic oxidation sites excluding steroid dienone is 14. The molecule has 1 rings (SSSR count). The highest BCUT2D eigenvalue weighted by atomic mass is 16.3. The van der Waals surface area contributed by atoms with Gasteiger partial charge in [-0.15, -0.1) is 0 Å². The molecule has 2 N–H and O–H groups in total. The van der Waals surface area contributed by atoms with Crippen LogP contribution in [0.2, 0.25) is 0 Å². The third kappa shape index (κ3) is 12.2. The lowest BCUT2D eigenvalue weighted by molar-refractivity contribution is -0.116. The first-order valence-corrected chi connectivity index (χ1v) is 9.96. The summed E-state index contributed by atoms with van der Waals surface area (Å²) >= 11 is 0. The van der Waals surface area contributed by atoms with Crippen LogP contribution in [0.1, 0.15) is 20.8 Å². The second-order valence-electron chi connectivity index (χ2n) is 7.15. The van der Waals surface area contributed by atoms with Crippen LogP contribution < -0.4 is 5.32 Å². The first-order chi connectivity index (χ1) is 13.9. The van der Waals surface area contributed by atoms with E-state index in [0.29, 0.717) is 6.54 Å². The Bertz CT molecular complexity index is 756. The Labute approximate surface area is 175 Å². The van der Waals surface area contributed by atoms with Gasteiger partial charge < -0.3 is 10.4 Å². The summed E-state index contributed by atoms with van der Waals surface area (Å²) in [7, 11) is 0. The highest BCUT2D eigenvalue weighted by molar-refractivity contribution is 5.87. The summed E-state index contributed by atoms with van der Waals surface area (Å²) in [5.74, 6) is 0.105. The molecule has 1 aliphatic rings. The van der Waals surface area contributed by atoms with Gasteiger partial charge in [0, 0.05) is 18.5 Å². The Balaban J connectivity index is 2.86. The van der Waals surface area contributed by atoms with Gasteiger partial charge in [-0.05, 0) is 12.8 Å². The van der Waals surface area contributed by atoms with Crippen molar-refractivity contribution in [3.05, 3.63) is 109 Å². The predicted molar refractivity (Wildman–Crippen MR) is 124 cm³/mol. The molecule has 0 saturated heterocycles. The van der Waals surface area contributed by atoms with Crippen LogP contribution in [0, 0.1) is 11.8 Å². The van der Waals surface area contributed by atoms with Crippen molar-refractivity contribution in [2.75, 3.05) is 6.54 Å². The zero-order valence-corrected chi connectivity index (χ0v) is 17.6. The molecule has 29 heavy (non-hydrogen) atoms. The van der Waals surface area contributed by atoms with Gasteiger partial charge in [-0.3, -0.25) is 4.79 Å². The van der Waals surface area contributed by atoms with Crippen LogP contribution in [-0.2, 0) is 4.79 Å². The molecule has 0 aliphatic carbocycles. The van der Waals surface area contributed by atoms with Gasteiger partial charge in [0.15, 0.2) is 0 Å². The second kappa shape index (κ2) is 14.1. The fourth-order valence-electron chi connectivity index (χ4n) is 2.25. The van der Waals surface area contributed by atoms with E-state index in [1.54, 1.807) is 25.2 Å². The van der Waals surface area contributed by atoms with Gasteiger partial charge >= 0.3 is 0 Å². The van der Waals surface area contributed by atoms with E-state index < -0.39 is 5.60 Å². The van der Waals surface area contributed by atoms with Crippen molar-refractivity contribution in [3.8, 4) is 0 Å². The predicted octanol–water partition coefficient (Wildman–Crippen LogP) is 5.15. The quantitative estimate of drug-likeness (QED) is 0.600. The monoisotopic (exact) mass is 391 g/mol. The number of hydrogen-bond acceptors (Lipinski definition) is 2. The van der Waals surface area contributed by atoms with E-state index in [-0.39, 0.29) is 17.7 Å². The molecule has 1 aliphatic heterocycles. The number of aliphatic hydroxyl groups is 1. The first-order valence-electron chi connectivity index (χ1n) is 9.96. The molecule has 0 spiro atoms. The number of carbonyl (C=O) groups is 1. The number of carbonyl (C=O) groups excluding carboxylic acids is 1. The molecule has 0 bridgehead atoms. The Morgan fingerprint density at radius 1 is 0.793 bits per heavy atom. The Morgan fingerprint density at radius 2 is 1.28 bits per heavy atom. The average Bonchev–Trinajstić information content (AvgIpc) is 2.68. The molecule has 1 heterocycles. The number of amides is 1. The molecule has 0 saturated carbocycles. The van der Waals surface area contributed by atoms with Crippen molar-refractivity contribution >= 4 is 5.91 Å². The van der Waals surface area contributed by atoms with Gasteiger partial charge in [-0.1, -0.05) is 117 Å². The Kier molecular flexibility index (Phi) is 11.8. The van der Waals surface area contributed by atoms with Crippen LogP contribution >= 0.6 is 0 Å². The van der Waals surface area contributed by atoms with Gasteiger partial charge in [-0.2, -0.15) is 0 Å². The summed E-state index contributed by atoms with van der Waals surface area (Å²) in [4.78, 5) is 11.8. The van der Waals surface area contributed by atoms with E-state index >= 15 is 0 Å². The third-order valence-electron chi connectivity index (χ3n) is 4.37. The molecule has 0 aromatic carbocycles. The standard InChI is InChI=1S/C26H33NO2/c1-23-18-14-10-6-4-5-7-11-15-19-24(2)26(3,29)21-17-13-9-8-12-16-20-25(28)27-22-23/h4-21,23-24,29H,22H2,1-3H3,(H,27,28)/b5-4-,10-6-,11-7-,12-8-,13-9-,18-14?,19-15-,20-16+,21-17+. The molecule has 3 atom stereocenters. The molecule has 3 unspecified atom stereocenters. The van der Waals surface area contributed by atoms with E-state index in [9.17, 15) is 9.90 Å². The first kappa shape index (κ1) is 24.1. The fourth-order valence-corrected chi connectivity index (χ4v) is 2.25. The van der Waals surface area contributed by atoms with Crippen LogP contribution in [0.25, 0.3) is 0 Å². The van der Waals surface area contributed by atoms with Crippen molar-refractivity contribution in [3.63, 3.8) is 0 Å². The SMILES string of the molecule is CC1C=C\C=C/C=C\C=C/C=C\C(C)C(C)(O)/C=C/C=C\C=C/C=C/C(=O)NC1. The summed E-state index contributed by atoms with van der Waals surface area (Å²) < 4.78 is 0. The van der Waals surface area contributed by atoms with Gasteiger partial charge in [0.25, 0.3) is 0 Å². The summed E-state index contributed by atoms with van der Waals surface area (Å²) in [6.45, 7) is 6.41. The van der Waals surface area contributed by atoms with Crippen molar-refractivity contribution in [1.82, 2.24) is 5.32 Å². The van der Waals surface area contributed by atoms with Gasteiger partial charge in [0.1, 0.15) is 0 Å². The molecular weight excluding hydrogens is 358 g/mol. The van der Waals surface area contributed by atoms with Crippen LogP contribution in [0.3, 0.4) is 0 Å². The summed E-state index contributed by atoms with van der Waals surface area (Å²) in [6, 6.07) is 0. The van der Waals surface area contributed by atoms with Crippen LogP contribution in [0.5, 0.6) is 0 Å². The molecule has 3 nitrogen and oxygen atoms in total. The lowest BCUT2D eigenvalue weighted by Gasteiger charge is -2.24. The maximum absolute atomic E-state index is 11.8. The van der Waals surface area contributed by atoms with E-state index in [1.165, 1.54) is 6.08 Å². The maximum Gasteiger partial charge on any atom is 0.243 e. The van der Waals surface area contributed by atoms with E-state index in [4.69, 9.17) is 0 Å². The minimum Gasteiger partial charge on any atom is -0.385 e. The van der Waals surface area contributed by atoms with Crippen molar-refractivity contribution in [2.24, 2.45) is 11.8 Å². The zero-order chi connectivity index (χ0) is 21.4. The van der Waals surface area contributed by atoms with Crippen molar-refractivity contribution < 1.29 is 9.90 Å². The molecule has 0 radical (unpaired) electrons. The van der Waals surface area contributed by atoms with E-state index in [0.717, 1.165) is 0 Å². The zero-order valence-electron chi connectivity index (χ0n) is 17.6. The molecule has 0 fully saturated rings. The largest absolute Gasteiger partial charge is 0.385 e. The average molecular weight is 392 g/mol. The smallest absolute Gasteiger partial charge is 0.243 e. The molecular formula is C26H33NO2. The van der Waals surface area contributed by atoms with Crippen molar-refractivity contribution in [1.29, 1.82) is 0 Å². The number of nitrogens with one attached hydrogen (secondary N) is 1. The Morgan fingerprint density at radius 3 is 1.90 bits per heavy atom. The topological polar surface area (TPSA) is 49.3 Å². The van der Waals surface area contributed by atoms with Gasteiger partial charge in [-0.25, -0.2) is 0 Å². The van der Waals surface area contributed by atoms with E-state index in [2.05, 4.69) is 18.3 Å². The maximum atomic E-state index is 11.8. The molecule has 0 aromatic rings. The van der Waals surface area contributed by atoms with Gasteiger partial charge in [0.2, 0.25) is 5.91 Å². The van der Waals surface area contributed by atoms with Crippen LogP contribution in [0.4, 0.5) is 0 Å². The number of hydrogen-bond donors (Lipinski definition) is 2. The van der Waals surface area contributed by atoms with Crippen LogP contribution in [0.15, 0.2) is 109 Å². The highest BCUT2D eigenvalue weighted by Gasteiger charge is 2.22. The summed E-state index contributed by atoms with van der Waals surface area (Å²) in [6.07, 6.45) is 33.8. The Hall–Kier alpha value is -2.91. The van der Waals surface area contributed by atoms with Crippen LogP contribution in [-0.4, -0.2) is 23.2 Å². The minimum atomic E-state index is -0.938. The summed E-state index contributed by atoms with van der Waals surface area (Å²) in [5, 5.41) is 13.4. The molecule has 3 heteroatoms. The van der Waals surface area contributed by atoms with Crippen molar-refractivity contribution in [2.45, 2.75) is 26.4 Å². The minimum absolute atomic E-state index is 0.0321. The number of rotatable bonds is 0. The second-order valence-corrected chi connectivity index (χ2v) is 7.15. The molecule has 154 valence electrons.